The predicted octanol–water partition coefficient (Wildman–Crippen LogP) is 2.24. The van der Waals surface area contributed by atoms with Crippen molar-refractivity contribution in [2.24, 2.45) is 7.05 Å². The van der Waals surface area contributed by atoms with E-state index < -0.39 is 42.5 Å². The van der Waals surface area contributed by atoms with Crippen molar-refractivity contribution in [1.29, 1.82) is 0 Å². The standard InChI is InChI=1S/C16H16F3N3O3/c1-22-7-6-12(21-22)14(16(24)25)20-13(23)8-10(15(18)19)9-4-2-3-5-11(9)17/h2-7,10,14-15H,8H2,1H3,(H,20,23)(H,24,25). The number of carboxylic acid groups (broad SMARTS) is 1. The van der Waals surface area contributed by atoms with Crippen LogP contribution in [0, 0.1) is 5.82 Å². The van der Waals surface area contributed by atoms with E-state index in [1.165, 1.54) is 35.1 Å². The molecule has 134 valence electrons. The molecular weight excluding hydrogens is 339 g/mol. The summed E-state index contributed by atoms with van der Waals surface area (Å²) in [6, 6.07) is 4.85. The second-order valence-electron chi connectivity index (χ2n) is 5.42. The number of aromatic nitrogens is 2. The summed E-state index contributed by atoms with van der Waals surface area (Å²) in [6.07, 6.45) is -2.26. The minimum Gasteiger partial charge on any atom is -0.479 e. The molecule has 1 amide bonds. The van der Waals surface area contributed by atoms with Crippen LogP contribution < -0.4 is 5.32 Å². The number of aryl methyl sites for hydroxylation is 1. The average Bonchev–Trinajstić information content (AvgIpc) is 2.96. The highest BCUT2D eigenvalue weighted by Crippen LogP contribution is 2.29. The molecule has 9 heteroatoms. The molecule has 0 saturated carbocycles. The number of nitrogens with zero attached hydrogens (tertiary/aromatic N) is 2. The third-order valence-electron chi connectivity index (χ3n) is 3.60. The number of hydrogen-bond acceptors (Lipinski definition) is 3. The largest absolute Gasteiger partial charge is 0.479 e. The minimum absolute atomic E-state index is 0.0582. The molecule has 0 aliphatic heterocycles. The van der Waals surface area contributed by atoms with Crippen LogP contribution in [0.15, 0.2) is 36.5 Å². The smallest absolute Gasteiger partial charge is 0.332 e. The van der Waals surface area contributed by atoms with Gasteiger partial charge in [-0.15, -0.1) is 0 Å². The number of rotatable bonds is 7. The van der Waals surface area contributed by atoms with Gasteiger partial charge < -0.3 is 10.4 Å². The van der Waals surface area contributed by atoms with E-state index in [9.17, 15) is 27.9 Å². The van der Waals surface area contributed by atoms with E-state index in [1.54, 1.807) is 7.05 Å². The summed E-state index contributed by atoms with van der Waals surface area (Å²) in [4.78, 5) is 23.4. The van der Waals surface area contributed by atoms with Crippen LogP contribution in [0.1, 0.15) is 29.6 Å². The Bertz CT molecular complexity index is 764. The van der Waals surface area contributed by atoms with Gasteiger partial charge in [-0.1, -0.05) is 18.2 Å². The van der Waals surface area contributed by atoms with Crippen LogP contribution in [-0.2, 0) is 16.6 Å². The van der Waals surface area contributed by atoms with E-state index in [0.717, 1.165) is 6.07 Å². The van der Waals surface area contributed by atoms with Crippen molar-refractivity contribution in [3.05, 3.63) is 53.6 Å². The second-order valence-corrected chi connectivity index (χ2v) is 5.42. The number of benzene rings is 1. The lowest BCUT2D eigenvalue weighted by Gasteiger charge is -2.18. The summed E-state index contributed by atoms with van der Waals surface area (Å²) in [5, 5.41) is 15.3. The molecule has 0 bridgehead atoms. The first kappa shape index (κ1) is 18.5. The molecule has 2 rings (SSSR count). The third-order valence-corrected chi connectivity index (χ3v) is 3.60. The first-order valence-corrected chi connectivity index (χ1v) is 7.34. The van der Waals surface area contributed by atoms with Gasteiger partial charge in [-0.3, -0.25) is 9.48 Å². The number of aliphatic carboxylic acids is 1. The zero-order valence-corrected chi connectivity index (χ0v) is 13.2. The van der Waals surface area contributed by atoms with Gasteiger partial charge in [0, 0.05) is 19.7 Å². The molecule has 1 aromatic heterocycles. The summed E-state index contributed by atoms with van der Waals surface area (Å²) in [6.45, 7) is 0. The van der Waals surface area contributed by atoms with E-state index in [1.807, 2.05) is 0 Å². The van der Waals surface area contributed by atoms with Crippen molar-refractivity contribution in [3.8, 4) is 0 Å². The lowest BCUT2D eigenvalue weighted by molar-refractivity contribution is -0.142. The fraction of sp³-hybridized carbons (Fsp3) is 0.312. The summed E-state index contributed by atoms with van der Waals surface area (Å²) in [5.41, 5.74) is -0.236. The van der Waals surface area contributed by atoms with E-state index >= 15 is 0 Å². The van der Waals surface area contributed by atoms with Gasteiger partial charge in [-0.05, 0) is 17.7 Å². The number of halogens is 3. The van der Waals surface area contributed by atoms with Crippen molar-refractivity contribution < 1.29 is 27.9 Å². The fourth-order valence-electron chi connectivity index (χ4n) is 2.38. The van der Waals surface area contributed by atoms with Crippen LogP contribution in [0.4, 0.5) is 13.2 Å². The van der Waals surface area contributed by atoms with E-state index in [2.05, 4.69) is 10.4 Å². The quantitative estimate of drug-likeness (QED) is 0.798. The van der Waals surface area contributed by atoms with Crippen LogP contribution in [0.5, 0.6) is 0 Å². The lowest BCUT2D eigenvalue weighted by Crippen LogP contribution is -2.35. The normalized spacial score (nSPS) is 13.5. The third kappa shape index (κ3) is 4.59. The molecule has 6 nitrogen and oxygen atoms in total. The highest BCUT2D eigenvalue weighted by Gasteiger charge is 2.30. The van der Waals surface area contributed by atoms with Crippen molar-refractivity contribution in [1.82, 2.24) is 15.1 Å². The van der Waals surface area contributed by atoms with E-state index in [0.29, 0.717) is 0 Å². The maximum absolute atomic E-state index is 13.7. The maximum Gasteiger partial charge on any atom is 0.332 e. The van der Waals surface area contributed by atoms with Gasteiger partial charge >= 0.3 is 5.97 Å². The molecule has 2 atom stereocenters. The van der Waals surface area contributed by atoms with E-state index in [4.69, 9.17) is 0 Å². The molecule has 0 radical (unpaired) electrons. The zero-order valence-electron chi connectivity index (χ0n) is 13.2. The molecule has 1 aromatic carbocycles. The highest BCUT2D eigenvalue weighted by molar-refractivity contribution is 5.84. The Hall–Kier alpha value is -2.84. The molecule has 2 N–H and O–H groups in total. The molecule has 1 heterocycles. The van der Waals surface area contributed by atoms with Gasteiger partial charge in [0.2, 0.25) is 12.3 Å². The molecular formula is C16H16F3N3O3. The van der Waals surface area contributed by atoms with Gasteiger partial charge in [0.15, 0.2) is 6.04 Å². The highest BCUT2D eigenvalue weighted by atomic mass is 19.3. The van der Waals surface area contributed by atoms with Gasteiger partial charge in [0.25, 0.3) is 0 Å². The van der Waals surface area contributed by atoms with Gasteiger partial charge in [0.05, 0.1) is 11.6 Å². The minimum atomic E-state index is -2.99. The summed E-state index contributed by atoms with van der Waals surface area (Å²) >= 11 is 0. The summed E-state index contributed by atoms with van der Waals surface area (Å²) in [7, 11) is 1.56. The van der Waals surface area contributed by atoms with Crippen LogP contribution in [-0.4, -0.2) is 33.2 Å². The molecule has 0 aliphatic carbocycles. The van der Waals surface area contributed by atoms with Crippen LogP contribution in [0.3, 0.4) is 0 Å². The number of carbonyl (C=O) groups is 2. The van der Waals surface area contributed by atoms with Crippen molar-refractivity contribution in [3.63, 3.8) is 0 Å². The fourth-order valence-corrected chi connectivity index (χ4v) is 2.38. The zero-order chi connectivity index (χ0) is 18.6. The van der Waals surface area contributed by atoms with E-state index in [-0.39, 0.29) is 11.3 Å². The Labute approximate surface area is 141 Å². The Kier molecular flexibility index (Phi) is 5.79. The maximum atomic E-state index is 13.7. The summed E-state index contributed by atoms with van der Waals surface area (Å²) in [5.74, 6) is -4.85. The Balaban J connectivity index is 2.15. The monoisotopic (exact) mass is 355 g/mol. The number of hydrogen-bond donors (Lipinski definition) is 2. The SMILES string of the molecule is Cn1ccc(C(NC(=O)CC(c2ccccc2F)C(F)F)C(=O)O)n1. The van der Waals surface area contributed by atoms with Gasteiger partial charge in [-0.25, -0.2) is 18.0 Å². The Morgan fingerprint density at radius 1 is 1.28 bits per heavy atom. The topological polar surface area (TPSA) is 84.2 Å². The Morgan fingerprint density at radius 2 is 1.96 bits per heavy atom. The van der Waals surface area contributed by atoms with Gasteiger partial charge in [-0.2, -0.15) is 5.10 Å². The second kappa shape index (κ2) is 7.82. The number of alkyl halides is 2. The van der Waals surface area contributed by atoms with Crippen molar-refractivity contribution >= 4 is 11.9 Å². The molecule has 0 aliphatic rings. The average molecular weight is 355 g/mol. The number of carboxylic acids is 1. The molecule has 0 fully saturated rings. The van der Waals surface area contributed by atoms with Gasteiger partial charge in [0.1, 0.15) is 5.82 Å². The number of carbonyl (C=O) groups excluding carboxylic acids is 1. The Morgan fingerprint density at radius 3 is 2.48 bits per heavy atom. The molecule has 0 spiro atoms. The number of nitrogens with one attached hydrogen (secondary N) is 1. The molecule has 2 aromatic rings. The van der Waals surface area contributed by atoms with Crippen LogP contribution in [0.2, 0.25) is 0 Å². The number of amides is 1. The predicted molar refractivity (Wildman–Crippen MR) is 81.5 cm³/mol. The van der Waals surface area contributed by atoms with Crippen molar-refractivity contribution in [2.75, 3.05) is 0 Å². The lowest BCUT2D eigenvalue weighted by atomic mass is 9.95. The van der Waals surface area contributed by atoms with Crippen LogP contribution in [0.25, 0.3) is 0 Å². The first-order valence-electron chi connectivity index (χ1n) is 7.34. The van der Waals surface area contributed by atoms with Crippen LogP contribution >= 0.6 is 0 Å². The molecule has 2 unspecified atom stereocenters. The molecule has 25 heavy (non-hydrogen) atoms. The summed E-state index contributed by atoms with van der Waals surface area (Å²) < 4.78 is 41.6. The van der Waals surface area contributed by atoms with Crippen molar-refractivity contribution in [2.45, 2.75) is 24.8 Å². The molecule has 0 saturated heterocycles. The first-order chi connectivity index (χ1) is 11.8.